The fourth-order valence-corrected chi connectivity index (χ4v) is 3.66. The van der Waals surface area contributed by atoms with Gasteiger partial charge < -0.3 is 10.6 Å². The molecule has 2 unspecified atom stereocenters. The topological polar surface area (TPSA) is 24.1 Å². The van der Waals surface area contributed by atoms with Gasteiger partial charge in [0.25, 0.3) is 12.3 Å². The van der Waals surface area contributed by atoms with Crippen LogP contribution in [0.5, 0.6) is 0 Å². The first-order valence-electron chi connectivity index (χ1n) is 8.21. The van der Waals surface area contributed by atoms with E-state index in [0.29, 0.717) is 36.3 Å². The third-order valence-corrected chi connectivity index (χ3v) is 5.03. The molecule has 0 amide bonds. The van der Waals surface area contributed by atoms with Crippen LogP contribution in [0, 0.1) is 17.8 Å². The number of halogens is 4. The lowest BCUT2D eigenvalue weighted by Crippen LogP contribution is -2.22. The molecule has 1 heterocycles. The van der Waals surface area contributed by atoms with E-state index in [2.05, 4.69) is 17.2 Å². The summed E-state index contributed by atoms with van der Waals surface area (Å²) in [5, 5.41) is 6.55. The summed E-state index contributed by atoms with van der Waals surface area (Å²) >= 11 is 0. The van der Waals surface area contributed by atoms with E-state index in [4.69, 9.17) is 0 Å². The van der Waals surface area contributed by atoms with Crippen molar-refractivity contribution in [1.29, 1.82) is 0 Å². The average Bonchev–Trinajstić information content (AvgIpc) is 2.99. The minimum Gasteiger partial charge on any atom is -0.388 e. The Morgan fingerprint density at radius 1 is 1.29 bits per heavy atom. The Labute approximate surface area is 139 Å². The van der Waals surface area contributed by atoms with Gasteiger partial charge in [-0.25, -0.2) is 17.6 Å². The van der Waals surface area contributed by atoms with Crippen molar-refractivity contribution in [3.63, 3.8) is 0 Å². The van der Waals surface area contributed by atoms with Gasteiger partial charge in [0.05, 0.1) is 0 Å². The number of fused-ring (bicyclic) bond motifs is 1. The third-order valence-electron chi connectivity index (χ3n) is 5.03. The number of piperidine rings is 1. The molecule has 3 rings (SSSR count). The minimum absolute atomic E-state index is 0.356. The van der Waals surface area contributed by atoms with Crippen molar-refractivity contribution < 1.29 is 17.6 Å². The maximum Gasteiger partial charge on any atom is 0.270 e. The molecule has 0 spiro atoms. The SMILES string of the molecule is C=C(NCCc1cc(C(F)F)cc(C(C)(F)F)c1)C1C2CNCC21. The van der Waals surface area contributed by atoms with Gasteiger partial charge in [-0.3, -0.25) is 0 Å². The number of hydrogen-bond donors (Lipinski definition) is 2. The predicted molar refractivity (Wildman–Crippen MR) is 85.2 cm³/mol. The number of hydrogen-bond acceptors (Lipinski definition) is 2. The van der Waals surface area contributed by atoms with Gasteiger partial charge in [-0.05, 0) is 49.0 Å². The minimum atomic E-state index is -3.13. The van der Waals surface area contributed by atoms with Crippen molar-refractivity contribution in [3.05, 3.63) is 47.2 Å². The molecule has 1 saturated carbocycles. The lowest BCUT2D eigenvalue weighted by atomic mass is 10.00. The third kappa shape index (κ3) is 3.58. The number of benzene rings is 1. The van der Waals surface area contributed by atoms with Crippen molar-refractivity contribution in [1.82, 2.24) is 10.6 Å². The van der Waals surface area contributed by atoms with E-state index in [1.807, 2.05) is 0 Å². The Hall–Kier alpha value is -1.56. The first kappa shape index (κ1) is 17.3. The molecule has 1 aromatic carbocycles. The lowest BCUT2D eigenvalue weighted by Gasteiger charge is -2.16. The maximum absolute atomic E-state index is 13.5. The molecule has 1 aliphatic heterocycles. The summed E-state index contributed by atoms with van der Waals surface area (Å²) in [5.41, 5.74) is 0.738. The molecule has 2 nitrogen and oxygen atoms in total. The molecule has 24 heavy (non-hydrogen) atoms. The summed E-state index contributed by atoms with van der Waals surface area (Å²) in [6.07, 6.45) is -2.35. The number of alkyl halides is 4. The van der Waals surface area contributed by atoms with E-state index in [1.165, 1.54) is 12.1 Å². The van der Waals surface area contributed by atoms with E-state index in [1.54, 1.807) is 0 Å². The Morgan fingerprint density at radius 2 is 1.96 bits per heavy atom. The molecule has 132 valence electrons. The molecule has 0 aromatic heterocycles. The van der Waals surface area contributed by atoms with Crippen molar-refractivity contribution in [2.75, 3.05) is 19.6 Å². The number of allylic oxidation sites excluding steroid dienone is 1. The molecular formula is C18H22F4N2. The standard InChI is InChI=1S/C18H22F4N2/c1-10(16-14-8-23-9-15(14)16)24-4-3-11-5-12(17(19)20)7-13(6-11)18(2,21)22/h5-7,14-17,23-24H,1,3-4,8-9H2,2H3. The molecule has 2 aliphatic rings. The second-order valence-electron chi connectivity index (χ2n) is 6.87. The van der Waals surface area contributed by atoms with Crippen molar-refractivity contribution in [3.8, 4) is 0 Å². The number of nitrogens with one attached hydrogen (secondary N) is 2. The van der Waals surface area contributed by atoms with Gasteiger partial charge >= 0.3 is 0 Å². The van der Waals surface area contributed by atoms with Gasteiger partial charge in [0.1, 0.15) is 0 Å². The summed E-state index contributed by atoms with van der Waals surface area (Å²) < 4.78 is 52.8. The Morgan fingerprint density at radius 3 is 2.54 bits per heavy atom. The maximum atomic E-state index is 13.5. The van der Waals surface area contributed by atoms with Gasteiger partial charge in [0, 0.05) is 36.2 Å². The van der Waals surface area contributed by atoms with Gasteiger partial charge in [-0.2, -0.15) is 0 Å². The fraction of sp³-hybridized carbons (Fsp3) is 0.556. The summed E-state index contributed by atoms with van der Waals surface area (Å²) in [6, 6.07) is 3.51. The normalized spacial score (nSPS) is 25.7. The average molecular weight is 342 g/mol. The van der Waals surface area contributed by atoms with Crippen LogP contribution in [0.1, 0.15) is 30.0 Å². The van der Waals surface area contributed by atoms with Crippen molar-refractivity contribution >= 4 is 0 Å². The Bertz CT molecular complexity index is 614. The smallest absolute Gasteiger partial charge is 0.270 e. The molecular weight excluding hydrogens is 320 g/mol. The Kier molecular flexibility index (Phi) is 4.60. The van der Waals surface area contributed by atoms with Crippen LogP contribution in [0.4, 0.5) is 17.6 Å². The van der Waals surface area contributed by atoms with Crippen LogP contribution in [0.25, 0.3) is 0 Å². The molecule has 2 atom stereocenters. The quantitative estimate of drug-likeness (QED) is 0.736. The van der Waals surface area contributed by atoms with Crippen LogP contribution < -0.4 is 10.6 Å². The molecule has 1 aliphatic carbocycles. The van der Waals surface area contributed by atoms with E-state index in [-0.39, 0.29) is 11.1 Å². The zero-order valence-electron chi connectivity index (χ0n) is 13.6. The van der Waals surface area contributed by atoms with E-state index >= 15 is 0 Å². The predicted octanol–water partition coefficient (Wildman–Crippen LogP) is 3.85. The zero-order valence-corrected chi connectivity index (χ0v) is 13.6. The first-order valence-corrected chi connectivity index (χ1v) is 8.21. The molecule has 1 saturated heterocycles. The lowest BCUT2D eigenvalue weighted by molar-refractivity contribution is 0.0170. The summed E-state index contributed by atoms with van der Waals surface area (Å²) in [7, 11) is 0. The molecule has 0 bridgehead atoms. The highest BCUT2D eigenvalue weighted by molar-refractivity contribution is 5.33. The molecule has 1 aromatic rings. The largest absolute Gasteiger partial charge is 0.388 e. The summed E-state index contributed by atoms with van der Waals surface area (Å²) in [6.45, 7) is 7.31. The van der Waals surface area contributed by atoms with Crippen LogP contribution in [0.15, 0.2) is 30.5 Å². The van der Waals surface area contributed by atoms with Crippen molar-refractivity contribution in [2.24, 2.45) is 17.8 Å². The summed E-state index contributed by atoms with van der Waals surface area (Å²) in [4.78, 5) is 0. The Balaban J connectivity index is 1.60. The second-order valence-corrected chi connectivity index (χ2v) is 6.87. The van der Waals surface area contributed by atoms with Gasteiger partial charge in [-0.15, -0.1) is 0 Å². The molecule has 2 fully saturated rings. The number of rotatable bonds is 7. The first-order chi connectivity index (χ1) is 11.3. The van der Waals surface area contributed by atoms with Gasteiger partial charge in [0.15, 0.2) is 0 Å². The monoisotopic (exact) mass is 342 g/mol. The van der Waals surface area contributed by atoms with Gasteiger partial charge in [-0.1, -0.05) is 12.6 Å². The van der Waals surface area contributed by atoms with E-state index in [9.17, 15) is 17.6 Å². The highest BCUT2D eigenvalue weighted by atomic mass is 19.3. The zero-order chi connectivity index (χ0) is 17.5. The highest BCUT2D eigenvalue weighted by Crippen LogP contribution is 2.51. The van der Waals surface area contributed by atoms with Crippen LogP contribution in [-0.2, 0) is 12.3 Å². The van der Waals surface area contributed by atoms with Crippen LogP contribution in [-0.4, -0.2) is 19.6 Å². The van der Waals surface area contributed by atoms with Crippen LogP contribution in [0.2, 0.25) is 0 Å². The van der Waals surface area contributed by atoms with E-state index < -0.39 is 12.3 Å². The highest BCUT2D eigenvalue weighted by Gasteiger charge is 2.53. The van der Waals surface area contributed by atoms with E-state index in [0.717, 1.165) is 31.8 Å². The van der Waals surface area contributed by atoms with Gasteiger partial charge in [0.2, 0.25) is 0 Å². The van der Waals surface area contributed by atoms with Crippen LogP contribution in [0.3, 0.4) is 0 Å². The summed E-state index contributed by atoms with van der Waals surface area (Å²) in [5.74, 6) is -1.35. The second kappa shape index (κ2) is 6.39. The van der Waals surface area contributed by atoms with Crippen molar-refractivity contribution in [2.45, 2.75) is 25.7 Å². The fourth-order valence-electron chi connectivity index (χ4n) is 3.66. The molecule has 2 N–H and O–H groups in total. The molecule has 6 heteroatoms. The van der Waals surface area contributed by atoms with Crippen LogP contribution >= 0.6 is 0 Å². The molecule has 0 radical (unpaired) electrons.